The first-order valence-electron chi connectivity index (χ1n) is 19.0. The Morgan fingerprint density at radius 1 is 0.481 bits per heavy atom. The van der Waals surface area contributed by atoms with Gasteiger partial charge in [-0.1, -0.05) is 123 Å². The van der Waals surface area contributed by atoms with Gasteiger partial charge in [0.25, 0.3) is 0 Å². The highest BCUT2D eigenvalue weighted by atomic mass is 16.6. The molecule has 4 N–H and O–H groups in total. The first-order chi connectivity index (χ1) is 26.3. The molecular formula is C44H46N2O8. The Kier molecular flexibility index (Phi) is 11.3. The molecule has 0 heterocycles. The third-order valence-corrected chi connectivity index (χ3v) is 11.5. The van der Waals surface area contributed by atoms with Gasteiger partial charge in [0.05, 0.1) is 11.8 Å². The third-order valence-electron chi connectivity index (χ3n) is 11.5. The number of carbonyl (C=O) groups excluding carboxylic acids is 2. The van der Waals surface area contributed by atoms with Gasteiger partial charge in [-0.3, -0.25) is 9.59 Å². The summed E-state index contributed by atoms with van der Waals surface area (Å²) in [7, 11) is 0. The summed E-state index contributed by atoms with van der Waals surface area (Å²) >= 11 is 0. The molecule has 0 aromatic heterocycles. The summed E-state index contributed by atoms with van der Waals surface area (Å²) < 4.78 is 11.1. The van der Waals surface area contributed by atoms with Crippen LogP contribution >= 0.6 is 0 Å². The van der Waals surface area contributed by atoms with E-state index in [0.29, 0.717) is 25.7 Å². The SMILES string of the molecule is O=C(N[C@@H]1CCCC[C@@H]1C(=O)O)OCC1c2ccccc2-c2ccccc21.O=C(N[C@H]1CCCC[C@H]1C(=O)O)OCC1c2ccccc2-c2ccccc21. The Morgan fingerprint density at radius 3 is 1.09 bits per heavy atom. The molecule has 280 valence electrons. The van der Waals surface area contributed by atoms with Gasteiger partial charge in [-0.05, 0) is 70.2 Å². The van der Waals surface area contributed by atoms with Crippen LogP contribution in [0.15, 0.2) is 97.1 Å². The van der Waals surface area contributed by atoms with Crippen molar-refractivity contribution < 1.29 is 38.9 Å². The molecule has 4 aromatic rings. The molecule has 0 saturated heterocycles. The van der Waals surface area contributed by atoms with Crippen LogP contribution < -0.4 is 10.6 Å². The van der Waals surface area contributed by atoms with Gasteiger partial charge in [-0.25, -0.2) is 9.59 Å². The maximum Gasteiger partial charge on any atom is 0.407 e. The minimum atomic E-state index is -0.848. The van der Waals surface area contributed by atoms with Gasteiger partial charge in [-0.2, -0.15) is 0 Å². The van der Waals surface area contributed by atoms with Crippen LogP contribution in [0, 0.1) is 11.8 Å². The fraction of sp³-hybridized carbons (Fsp3) is 0.364. The van der Waals surface area contributed by atoms with Crippen LogP contribution in [0.2, 0.25) is 0 Å². The van der Waals surface area contributed by atoms with E-state index in [1.807, 2.05) is 48.5 Å². The number of nitrogens with one attached hydrogen (secondary N) is 2. The number of alkyl carbamates (subject to hydrolysis) is 2. The number of carboxylic acids is 2. The number of amides is 2. The van der Waals surface area contributed by atoms with Crippen LogP contribution in [0.5, 0.6) is 0 Å². The van der Waals surface area contributed by atoms with Gasteiger partial charge in [0, 0.05) is 23.9 Å². The number of hydrogen-bond acceptors (Lipinski definition) is 6. The maximum atomic E-state index is 12.3. The first kappa shape index (κ1) is 36.7. The average molecular weight is 731 g/mol. The molecule has 0 radical (unpaired) electrons. The predicted molar refractivity (Wildman–Crippen MR) is 203 cm³/mol. The topological polar surface area (TPSA) is 151 Å². The summed E-state index contributed by atoms with van der Waals surface area (Å²) in [4.78, 5) is 47.5. The lowest BCUT2D eigenvalue weighted by atomic mass is 9.84. The summed E-state index contributed by atoms with van der Waals surface area (Å²) in [5.41, 5.74) is 9.36. The second kappa shape index (κ2) is 16.6. The molecule has 10 heteroatoms. The van der Waals surface area contributed by atoms with Crippen molar-refractivity contribution in [1.82, 2.24) is 10.6 Å². The van der Waals surface area contributed by atoms with E-state index >= 15 is 0 Å². The molecule has 8 rings (SSSR count). The number of aliphatic carboxylic acids is 2. The first-order valence-corrected chi connectivity index (χ1v) is 19.0. The molecule has 0 unspecified atom stereocenters. The van der Waals surface area contributed by atoms with Crippen molar-refractivity contribution in [2.75, 3.05) is 13.2 Å². The van der Waals surface area contributed by atoms with Gasteiger partial charge in [0.2, 0.25) is 0 Å². The lowest BCUT2D eigenvalue weighted by molar-refractivity contribution is -0.144. The highest BCUT2D eigenvalue weighted by Crippen LogP contribution is 2.45. The smallest absolute Gasteiger partial charge is 0.407 e. The second-order valence-corrected chi connectivity index (χ2v) is 14.6. The Morgan fingerprint density at radius 2 is 0.778 bits per heavy atom. The van der Waals surface area contributed by atoms with Crippen molar-refractivity contribution in [3.63, 3.8) is 0 Å². The van der Waals surface area contributed by atoms with Crippen LogP contribution in [0.3, 0.4) is 0 Å². The van der Waals surface area contributed by atoms with Crippen LogP contribution in [0.25, 0.3) is 22.3 Å². The summed E-state index contributed by atoms with van der Waals surface area (Å²) in [6, 6.07) is 32.0. The van der Waals surface area contributed by atoms with E-state index in [-0.39, 0.29) is 37.1 Å². The van der Waals surface area contributed by atoms with Gasteiger partial charge in [0.1, 0.15) is 13.2 Å². The van der Waals surface area contributed by atoms with E-state index in [9.17, 15) is 29.4 Å². The fourth-order valence-corrected chi connectivity index (χ4v) is 8.78. The fourth-order valence-electron chi connectivity index (χ4n) is 8.78. The number of hydrogen-bond donors (Lipinski definition) is 4. The monoisotopic (exact) mass is 730 g/mol. The molecule has 10 nitrogen and oxygen atoms in total. The number of rotatable bonds is 8. The molecular weight excluding hydrogens is 684 g/mol. The molecule has 0 spiro atoms. The molecule has 0 bridgehead atoms. The van der Waals surface area contributed by atoms with Gasteiger partial charge in [-0.15, -0.1) is 0 Å². The zero-order valence-corrected chi connectivity index (χ0v) is 30.1. The van der Waals surface area contributed by atoms with Crippen LogP contribution in [0.4, 0.5) is 9.59 Å². The van der Waals surface area contributed by atoms with E-state index in [4.69, 9.17) is 9.47 Å². The number of ether oxygens (including phenoxy) is 2. The van der Waals surface area contributed by atoms with E-state index in [0.717, 1.165) is 47.9 Å². The normalized spacial score (nSPS) is 21.2. The lowest BCUT2D eigenvalue weighted by Crippen LogP contribution is -2.45. The highest BCUT2D eigenvalue weighted by molar-refractivity contribution is 5.80. The molecule has 4 aliphatic rings. The zero-order valence-electron chi connectivity index (χ0n) is 30.1. The standard InChI is InChI=1S/2C22H23NO4/c2*24-21(25)18-11-5-6-12-20(18)23-22(26)27-13-19-16-9-3-1-7-14(16)15-8-2-4-10-17(15)19/h2*1-4,7-10,18-20H,5-6,11-13H2,(H,23,26)(H,24,25)/t2*18-,20+/m10/s1. The molecule has 4 aromatic carbocycles. The molecule has 2 fully saturated rings. The summed E-state index contributed by atoms with van der Waals surface area (Å²) in [5.74, 6) is -2.75. The zero-order chi connectivity index (χ0) is 37.6. The summed E-state index contributed by atoms with van der Waals surface area (Å²) in [6.45, 7) is 0.481. The van der Waals surface area contributed by atoms with Crippen molar-refractivity contribution in [3.8, 4) is 22.3 Å². The van der Waals surface area contributed by atoms with Gasteiger partial charge >= 0.3 is 24.1 Å². The van der Waals surface area contributed by atoms with Crippen molar-refractivity contribution in [2.45, 2.75) is 75.3 Å². The Hall–Kier alpha value is -5.64. The minimum absolute atomic E-state index is 0.00442. The van der Waals surface area contributed by atoms with Gasteiger partial charge in [0.15, 0.2) is 0 Å². The Balaban J connectivity index is 0.000000167. The van der Waals surface area contributed by atoms with Crippen LogP contribution in [-0.4, -0.2) is 59.6 Å². The van der Waals surface area contributed by atoms with E-state index in [2.05, 4.69) is 59.2 Å². The van der Waals surface area contributed by atoms with E-state index < -0.39 is 36.0 Å². The predicted octanol–water partition coefficient (Wildman–Crippen LogP) is 8.34. The van der Waals surface area contributed by atoms with E-state index in [1.165, 1.54) is 22.3 Å². The Labute approximate surface area is 314 Å². The number of carbonyl (C=O) groups is 4. The highest BCUT2D eigenvalue weighted by Gasteiger charge is 2.35. The van der Waals surface area contributed by atoms with Crippen LogP contribution in [0.1, 0.15) is 85.5 Å². The molecule has 2 saturated carbocycles. The lowest BCUT2D eigenvalue weighted by Gasteiger charge is -2.29. The maximum absolute atomic E-state index is 12.3. The van der Waals surface area contributed by atoms with Crippen molar-refractivity contribution in [3.05, 3.63) is 119 Å². The average Bonchev–Trinajstić information content (AvgIpc) is 3.69. The minimum Gasteiger partial charge on any atom is -0.481 e. The molecule has 54 heavy (non-hydrogen) atoms. The van der Waals surface area contributed by atoms with Crippen molar-refractivity contribution in [1.29, 1.82) is 0 Å². The Bertz CT molecular complexity index is 1780. The second-order valence-electron chi connectivity index (χ2n) is 14.6. The quantitative estimate of drug-likeness (QED) is 0.141. The van der Waals surface area contributed by atoms with Crippen molar-refractivity contribution >= 4 is 24.1 Å². The molecule has 4 aliphatic carbocycles. The number of benzene rings is 4. The summed E-state index contributed by atoms with van der Waals surface area (Å²) in [5, 5.41) is 24.3. The summed E-state index contributed by atoms with van der Waals surface area (Å²) in [6.07, 6.45) is 5.14. The van der Waals surface area contributed by atoms with Crippen LogP contribution in [-0.2, 0) is 19.1 Å². The van der Waals surface area contributed by atoms with E-state index in [1.54, 1.807) is 0 Å². The largest absolute Gasteiger partial charge is 0.481 e. The molecule has 4 atom stereocenters. The third kappa shape index (κ3) is 7.83. The van der Waals surface area contributed by atoms with Crippen molar-refractivity contribution in [2.24, 2.45) is 11.8 Å². The number of carboxylic acid groups (broad SMARTS) is 2. The number of fused-ring (bicyclic) bond motifs is 6. The molecule has 0 aliphatic heterocycles. The molecule has 2 amide bonds. The van der Waals surface area contributed by atoms with Gasteiger partial charge < -0.3 is 30.3 Å².